The number of benzene rings is 2. The highest BCUT2D eigenvalue weighted by molar-refractivity contribution is 7.99. The van der Waals surface area contributed by atoms with E-state index in [-0.39, 0.29) is 11.7 Å². The van der Waals surface area contributed by atoms with Gasteiger partial charge in [0, 0.05) is 17.8 Å². The van der Waals surface area contributed by atoms with E-state index < -0.39 is 0 Å². The Morgan fingerprint density at radius 2 is 1.74 bits per heavy atom. The van der Waals surface area contributed by atoms with Crippen molar-refractivity contribution in [1.29, 1.82) is 0 Å². The van der Waals surface area contributed by atoms with E-state index in [0.29, 0.717) is 11.7 Å². The van der Waals surface area contributed by atoms with Gasteiger partial charge < -0.3 is 9.73 Å². The number of nitrogens with one attached hydrogen (secondary N) is 1. The molecule has 0 radical (unpaired) electrons. The van der Waals surface area contributed by atoms with Crippen LogP contribution in [0.2, 0.25) is 0 Å². The molecule has 2 aromatic carbocycles. The molecule has 8 heteroatoms. The summed E-state index contributed by atoms with van der Waals surface area (Å²) in [5.41, 5.74) is 3.04. The van der Waals surface area contributed by atoms with Crippen molar-refractivity contribution in [1.82, 2.24) is 19.7 Å². The molecule has 1 fully saturated rings. The van der Waals surface area contributed by atoms with Crippen molar-refractivity contribution >= 4 is 23.4 Å². The molecular formula is C26H27N5O2S. The molecule has 0 atom stereocenters. The molecule has 1 aliphatic rings. The van der Waals surface area contributed by atoms with Crippen LogP contribution in [0.4, 0.5) is 5.69 Å². The van der Waals surface area contributed by atoms with E-state index >= 15 is 0 Å². The van der Waals surface area contributed by atoms with E-state index in [1.54, 1.807) is 6.26 Å². The van der Waals surface area contributed by atoms with E-state index in [1.807, 2.05) is 59.2 Å². The number of hydrogen-bond acceptors (Lipinski definition) is 6. The van der Waals surface area contributed by atoms with E-state index in [0.717, 1.165) is 29.4 Å². The molecule has 1 saturated heterocycles. The zero-order valence-corrected chi connectivity index (χ0v) is 19.7. The number of nitrogens with zero attached hydrogens (tertiary/aromatic N) is 4. The van der Waals surface area contributed by atoms with Gasteiger partial charge in [-0.25, -0.2) is 0 Å². The van der Waals surface area contributed by atoms with Gasteiger partial charge >= 0.3 is 0 Å². The number of amides is 1. The topological polar surface area (TPSA) is 76.2 Å². The minimum absolute atomic E-state index is 0.0777. The van der Waals surface area contributed by atoms with Crippen LogP contribution in [0.15, 0.2) is 82.6 Å². The highest BCUT2D eigenvalue weighted by Gasteiger charge is 2.17. The highest BCUT2D eigenvalue weighted by Crippen LogP contribution is 2.25. The van der Waals surface area contributed by atoms with Crippen LogP contribution in [0.5, 0.6) is 0 Å². The number of rotatable bonds is 9. The number of aromatic nitrogens is 3. The van der Waals surface area contributed by atoms with Crippen LogP contribution < -0.4 is 5.32 Å². The SMILES string of the molecule is O=C(CSc1nnc(-c2ccccc2)n1Cc1ccco1)Nc1ccc(CN2CCCC2)cc1. The smallest absolute Gasteiger partial charge is 0.234 e. The lowest BCUT2D eigenvalue weighted by atomic mass is 10.2. The molecule has 1 amide bonds. The molecule has 0 bridgehead atoms. The number of hydrogen-bond donors (Lipinski definition) is 1. The summed E-state index contributed by atoms with van der Waals surface area (Å²) < 4.78 is 7.53. The van der Waals surface area contributed by atoms with Crippen LogP contribution in [0, 0.1) is 0 Å². The van der Waals surface area contributed by atoms with Gasteiger partial charge in [0.1, 0.15) is 5.76 Å². The fourth-order valence-corrected chi connectivity index (χ4v) is 4.85. The third-order valence-electron chi connectivity index (χ3n) is 5.82. The maximum atomic E-state index is 12.6. The molecule has 0 aliphatic carbocycles. The largest absolute Gasteiger partial charge is 0.467 e. The molecule has 174 valence electrons. The molecule has 0 unspecified atom stereocenters. The normalized spacial score (nSPS) is 13.9. The molecule has 5 rings (SSSR count). The van der Waals surface area contributed by atoms with E-state index in [9.17, 15) is 4.79 Å². The van der Waals surface area contributed by atoms with Gasteiger partial charge in [-0.3, -0.25) is 14.3 Å². The molecule has 3 heterocycles. The molecule has 1 aliphatic heterocycles. The summed E-state index contributed by atoms with van der Waals surface area (Å²) in [6.07, 6.45) is 4.22. The van der Waals surface area contributed by atoms with Crippen molar-refractivity contribution < 1.29 is 9.21 Å². The summed E-state index contributed by atoms with van der Waals surface area (Å²) in [6.45, 7) is 3.81. The highest BCUT2D eigenvalue weighted by atomic mass is 32.2. The zero-order chi connectivity index (χ0) is 23.2. The van der Waals surface area contributed by atoms with Crippen molar-refractivity contribution in [2.45, 2.75) is 31.1 Å². The first-order valence-corrected chi connectivity index (χ1v) is 12.5. The second-order valence-electron chi connectivity index (χ2n) is 8.35. The van der Waals surface area contributed by atoms with Gasteiger partial charge in [0.05, 0.1) is 18.6 Å². The van der Waals surface area contributed by atoms with Crippen molar-refractivity contribution in [2.75, 3.05) is 24.2 Å². The Hall–Kier alpha value is -3.36. The Morgan fingerprint density at radius 3 is 2.47 bits per heavy atom. The van der Waals surface area contributed by atoms with Gasteiger partial charge in [-0.2, -0.15) is 0 Å². The lowest BCUT2D eigenvalue weighted by Gasteiger charge is -2.14. The Bertz CT molecular complexity index is 1200. The first-order chi connectivity index (χ1) is 16.7. The van der Waals surface area contributed by atoms with Gasteiger partial charge in [0.2, 0.25) is 5.91 Å². The molecule has 0 spiro atoms. The first-order valence-electron chi connectivity index (χ1n) is 11.5. The first kappa shape index (κ1) is 22.4. The maximum absolute atomic E-state index is 12.6. The van der Waals surface area contributed by atoms with Crippen molar-refractivity contribution in [2.24, 2.45) is 0 Å². The van der Waals surface area contributed by atoms with Crippen LogP contribution in [0.3, 0.4) is 0 Å². The minimum Gasteiger partial charge on any atom is -0.467 e. The quantitative estimate of drug-likeness (QED) is 0.348. The minimum atomic E-state index is -0.0777. The molecule has 1 N–H and O–H groups in total. The van der Waals surface area contributed by atoms with E-state index in [4.69, 9.17) is 4.42 Å². The van der Waals surface area contributed by atoms with Crippen LogP contribution >= 0.6 is 11.8 Å². The van der Waals surface area contributed by atoms with Gasteiger partial charge in [0.15, 0.2) is 11.0 Å². The van der Waals surface area contributed by atoms with Crippen LogP contribution in [0.1, 0.15) is 24.2 Å². The number of thioether (sulfide) groups is 1. The molecular weight excluding hydrogens is 446 g/mol. The summed E-state index contributed by atoms with van der Waals surface area (Å²) in [6, 6.07) is 21.8. The number of likely N-dealkylation sites (tertiary alicyclic amines) is 1. The average Bonchev–Trinajstić information content (AvgIpc) is 3.63. The average molecular weight is 474 g/mol. The summed E-state index contributed by atoms with van der Waals surface area (Å²) in [5.74, 6) is 1.71. The van der Waals surface area contributed by atoms with E-state index in [1.165, 1.54) is 43.3 Å². The van der Waals surface area contributed by atoms with Crippen LogP contribution in [0.25, 0.3) is 11.4 Å². The van der Waals surface area contributed by atoms with Gasteiger partial charge in [-0.05, 0) is 55.8 Å². The Kier molecular flexibility index (Phi) is 7.07. The standard InChI is InChI=1S/C26H27N5O2S/c32-24(27-22-12-10-20(11-13-22)17-30-14-4-5-15-30)19-34-26-29-28-25(21-7-2-1-3-8-21)31(26)18-23-9-6-16-33-23/h1-3,6-13,16H,4-5,14-15,17-19H2,(H,27,32). The van der Waals surface area contributed by atoms with Gasteiger partial charge in [0.25, 0.3) is 0 Å². The molecule has 2 aromatic heterocycles. The summed E-state index contributed by atoms with van der Waals surface area (Å²) in [7, 11) is 0. The fourth-order valence-electron chi connectivity index (χ4n) is 4.12. The lowest BCUT2D eigenvalue weighted by molar-refractivity contribution is -0.113. The fraction of sp³-hybridized carbons (Fsp3) is 0.269. The molecule has 7 nitrogen and oxygen atoms in total. The van der Waals surface area contributed by atoms with Crippen molar-refractivity contribution in [3.05, 3.63) is 84.3 Å². The Labute approximate surface area is 203 Å². The zero-order valence-electron chi connectivity index (χ0n) is 18.9. The van der Waals surface area contributed by atoms with Crippen LogP contribution in [-0.4, -0.2) is 44.4 Å². The van der Waals surface area contributed by atoms with Gasteiger partial charge in [-0.15, -0.1) is 10.2 Å². The molecule has 34 heavy (non-hydrogen) atoms. The summed E-state index contributed by atoms with van der Waals surface area (Å²) in [5, 5.41) is 12.4. The lowest BCUT2D eigenvalue weighted by Crippen LogP contribution is -2.18. The second-order valence-corrected chi connectivity index (χ2v) is 9.30. The predicted octanol–water partition coefficient (Wildman–Crippen LogP) is 4.91. The Balaban J connectivity index is 1.22. The maximum Gasteiger partial charge on any atom is 0.234 e. The summed E-state index contributed by atoms with van der Waals surface area (Å²) >= 11 is 1.37. The number of anilines is 1. The van der Waals surface area contributed by atoms with Crippen molar-refractivity contribution in [3.8, 4) is 11.4 Å². The van der Waals surface area contributed by atoms with Crippen molar-refractivity contribution in [3.63, 3.8) is 0 Å². The number of carbonyl (C=O) groups is 1. The number of carbonyl (C=O) groups excluding carboxylic acids is 1. The van der Waals surface area contributed by atoms with Gasteiger partial charge in [-0.1, -0.05) is 54.2 Å². The second kappa shape index (κ2) is 10.7. The summed E-state index contributed by atoms with van der Waals surface area (Å²) in [4.78, 5) is 15.1. The third-order valence-corrected chi connectivity index (χ3v) is 6.78. The molecule has 4 aromatic rings. The Morgan fingerprint density at radius 1 is 0.941 bits per heavy atom. The van der Waals surface area contributed by atoms with Crippen LogP contribution in [-0.2, 0) is 17.9 Å². The van der Waals surface area contributed by atoms with E-state index in [2.05, 4.69) is 32.5 Å². The number of furan rings is 1. The predicted molar refractivity (Wildman–Crippen MR) is 134 cm³/mol. The monoisotopic (exact) mass is 473 g/mol. The third kappa shape index (κ3) is 5.58. The molecule has 0 saturated carbocycles.